The van der Waals surface area contributed by atoms with Gasteiger partial charge in [-0.3, -0.25) is 11.3 Å². The summed E-state index contributed by atoms with van der Waals surface area (Å²) in [6, 6.07) is 8.78. The lowest BCUT2D eigenvalue weighted by Gasteiger charge is -2.18. The summed E-state index contributed by atoms with van der Waals surface area (Å²) in [5, 5.41) is 0. The van der Waals surface area contributed by atoms with E-state index in [1.165, 1.54) is 30.6 Å². The number of hydrogen-bond donors (Lipinski definition) is 2. The summed E-state index contributed by atoms with van der Waals surface area (Å²) >= 11 is 0. The number of aryl methyl sites for hydroxylation is 1. The van der Waals surface area contributed by atoms with Gasteiger partial charge in [-0.05, 0) is 49.7 Å². The zero-order chi connectivity index (χ0) is 14.4. The number of hydrazine groups is 1. The van der Waals surface area contributed by atoms with Gasteiger partial charge in [0.25, 0.3) is 0 Å². The number of nitrogens with two attached hydrogens (primary N) is 1. The topological polar surface area (TPSA) is 55.9 Å². The van der Waals surface area contributed by atoms with Gasteiger partial charge in [-0.15, -0.1) is 0 Å². The molecule has 3 atom stereocenters. The van der Waals surface area contributed by atoms with Crippen molar-refractivity contribution >= 4 is 11.0 Å². The fraction of sp³-hybridized carbons (Fsp3) is 0.588. The highest BCUT2D eigenvalue weighted by atomic mass is 15.2. The van der Waals surface area contributed by atoms with Crippen molar-refractivity contribution in [1.29, 1.82) is 0 Å². The quantitative estimate of drug-likeness (QED) is 0.655. The van der Waals surface area contributed by atoms with Crippen molar-refractivity contribution in [1.82, 2.24) is 15.0 Å². The molecule has 0 amide bonds. The van der Waals surface area contributed by atoms with Crippen molar-refractivity contribution in [2.24, 2.45) is 23.6 Å². The molecule has 2 aliphatic carbocycles. The summed E-state index contributed by atoms with van der Waals surface area (Å²) in [5.41, 5.74) is 5.42. The van der Waals surface area contributed by atoms with Gasteiger partial charge in [0.2, 0.25) is 0 Å². The van der Waals surface area contributed by atoms with Gasteiger partial charge in [0.05, 0.1) is 11.0 Å². The van der Waals surface area contributed by atoms with Crippen molar-refractivity contribution in [3.63, 3.8) is 0 Å². The van der Waals surface area contributed by atoms with E-state index >= 15 is 0 Å². The van der Waals surface area contributed by atoms with Crippen molar-refractivity contribution in [3.05, 3.63) is 30.1 Å². The molecule has 2 aliphatic rings. The Kier molecular flexibility index (Phi) is 3.23. The van der Waals surface area contributed by atoms with Crippen LogP contribution in [0, 0.1) is 17.8 Å². The molecule has 0 saturated heterocycles. The molecule has 0 aliphatic heterocycles. The Morgan fingerprint density at radius 2 is 2.10 bits per heavy atom. The summed E-state index contributed by atoms with van der Waals surface area (Å²) < 4.78 is 2.33. The minimum absolute atomic E-state index is 0.377. The summed E-state index contributed by atoms with van der Waals surface area (Å²) in [6.07, 6.45) is 5.16. The molecule has 2 fully saturated rings. The molecule has 1 aromatic heterocycles. The zero-order valence-corrected chi connectivity index (χ0v) is 12.6. The Morgan fingerprint density at radius 3 is 2.81 bits per heavy atom. The molecule has 112 valence electrons. The maximum atomic E-state index is 5.86. The highest BCUT2D eigenvalue weighted by molar-refractivity contribution is 5.75. The van der Waals surface area contributed by atoms with Gasteiger partial charge in [-0.2, -0.15) is 0 Å². The third kappa shape index (κ3) is 2.09. The normalized spacial score (nSPS) is 28.8. The first-order valence-corrected chi connectivity index (χ1v) is 8.23. The molecule has 4 heteroatoms. The number of fused-ring (bicyclic) bond motifs is 2. The van der Waals surface area contributed by atoms with Gasteiger partial charge in [-0.25, -0.2) is 4.98 Å². The number of para-hydroxylation sites is 2. The lowest BCUT2D eigenvalue weighted by molar-refractivity contribution is 0.400. The van der Waals surface area contributed by atoms with Gasteiger partial charge in [0.15, 0.2) is 0 Å². The fourth-order valence-corrected chi connectivity index (χ4v) is 4.61. The number of hydrogen-bond acceptors (Lipinski definition) is 3. The van der Waals surface area contributed by atoms with Crippen LogP contribution in [0.5, 0.6) is 0 Å². The largest absolute Gasteiger partial charge is 0.328 e. The van der Waals surface area contributed by atoms with Crippen LogP contribution in [0.4, 0.5) is 0 Å². The second kappa shape index (κ2) is 5.11. The monoisotopic (exact) mass is 284 g/mol. The van der Waals surface area contributed by atoms with Gasteiger partial charge in [0.1, 0.15) is 5.82 Å². The van der Waals surface area contributed by atoms with Crippen LogP contribution in [0.3, 0.4) is 0 Å². The number of nitrogens with one attached hydrogen (secondary N) is 1. The van der Waals surface area contributed by atoms with Crippen LogP contribution in [-0.4, -0.2) is 15.6 Å². The van der Waals surface area contributed by atoms with Crippen LogP contribution < -0.4 is 11.3 Å². The van der Waals surface area contributed by atoms with Gasteiger partial charge in [0, 0.05) is 19.0 Å². The summed E-state index contributed by atoms with van der Waals surface area (Å²) in [7, 11) is 0. The first kappa shape index (κ1) is 13.3. The highest BCUT2D eigenvalue weighted by Gasteiger charge is 2.55. The van der Waals surface area contributed by atoms with E-state index in [9.17, 15) is 0 Å². The molecule has 4 rings (SSSR count). The van der Waals surface area contributed by atoms with E-state index in [0.29, 0.717) is 6.04 Å². The van der Waals surface area contributed by atoms with Crippen LogP contribution in [0.1, 0.15) is 32.0 Å². The Balaban J connectivity index is 1.61. The highest BCUT2D eigenvalue weighted by Crippen LogP contribution is 2.59. The minimum atomic E-state index is 0.377. The van der Waals surface area contributed by atoms with E-state index in [0.717, 1.165) is 36.2 Å². The number of rotatable bonds is 5. The Labute approximate surface area is 125 Å². The first-order valence-electron chi connectivity index (χ1n) is 8.23. The number of imidazole rings is 1. The second-order valence-corrected chi connectivity index (χ2v) is 6.57. The lowest BCUT2D eigenvalue weighted by atomic mass is 10.0. The molecule has 3 unspecified atom stereocenters. The van der Waals surface area contributed by atoms with Crippen LogP contribution >= 0.6 is 0 Å². The Hall–Kier alpha value is -1.39. The maximum Gasteiger partial charge on any atom is 0.111 e. The summed E-state index contributed by atoms with van der Waals surface area (Å²) in [6.45, 7) is 3.15. The predicted molar refractivity (Wildman–Crippen MR) is 84.5 cm³/mol. The van der Waals surface area contributed by atoms with Crippen molar-refractivity contribution < 1.29 is 0 Å². The van der Waals surface area contributed by atoms with E-state index in [2.05, 4.69) is 41.2 Å². The third-order valence-corrected chi connectivity index (χ3v) is 5.60. The van der Waals surface area contributed by atoms with Crippen molar-refractivity contribution in [3.8, 4) is 0 Å². The molecule has 1 aromatic carbocycles. The molecule has 2 saturated carbocycles. The van der Waals surface area contributed by atoms with Crippen LogP contribution in [0.15, 0.2) is 24.3 Å². The number of benzene rings is 1. The van der Waals surface area contributed by atoms with Crippen molar-refractivity contribution in [2.45, 2.75) is 45.2 Å². The SMILES string of the molecule is CCn1c(CC(NN)C2C3CCCC32)nc2ccccc21. The second-order valence-electron chi connectivity index (χ2n) is 6.57. The summed E-state index contributed by atoms with van der Waals surface area (Å²) in [5.74, 6) is 9.65. The molecule has 2 aromatic rings. The molecule has 4 nitrogen and oxygen atoms in total. The van der Waals surface area contributed by atoms with Crippen LogP contribution in [0.2, 0.25) is 0 Å². The van der Waals surface area contributed by atoms with E-state index in [1.807, 2.05) is 0 Å². The van der Waals surface area contributed by atoms with E-state index in [4.69, 9.17) is 10.8 Å². The molecule has 0 radical (unpaired) electrons. The molecule has 0 bridgehead atoms. The molecule has 21 heavy (non-hydrogen) atoms. The zero-order valence-electron chi connectivity index (χ0n) is 12.6. The van der Waals surface area contributed by atoms with Crippen molar-refractivity contribution in [2.75, 3.05) is 0 Å². The van der Waals surface area contributed by atoms with Crippen LogP contribution in [-0.2, 0) is 13.0 Å². The molecular weight excluding hydrogens is 260 g/mol. The van der Waals surface area contributed by atoms with E-state index in [-0.39, 0.29) is 0 Å². The predicted octanol–water partition coefficient (Wildman–Crippen LogP) is 2.48. The van der Waals surface area contributed by atoms with Gasteiger partial charge >= 0.3 is 0 Å². The van der Waals surface area contributed by atoms with E-state index < -0.39 is 0 Å². The number of aromatic nitrogens is 2. The molecular formula is C17H24N4. The smallest absolute Gasteiger partial charge is 0.111 e. The first-order chi connectivity index (χ1) is 10.3. The van der Waals surface area contributed by atoms with E-state index in [1.54, 1.807) is 0 Å². The number of nitrogens with zero attached hydrogens (tertiary/aromatic N) is 2. The van der Waals surface area contributed by atoms with Crippen LogP contribution in [0.25, 0.3) is 11.0 Å². The maximum absolute atomic E-state index is 5.86. The Morgan fingerprint density at radius 1 is 1.33 bits per heavy atom. The average Bonchev–Trinajstić information content (AvgIpc) is 2.89. The third-order valence-electron chi connectivity index (χ3n) is 5.60. The molecule has 1 heterocycles. The lowest BCUT2D eigenvalue weighted by Crippen LogP contribution is -2.40. The fourth-order valence-electron chi connectivity index (χ4n) is 4.61. The van der Waals surface area contributed by atoms with Gasteiger partial charge in [-0.1, -0.05) is 18.6 Å². The standard InChI is InChI=1S/C17H24N4/c1-2-21-15-9-4-3-8-13(15)19-16(21)10-14(20-18)17-11-6-5-7-12(11)17/h3-4,8-9,11-12,14,17,20H,2,5-7,10,18H2,1H3. The average molecular weight is 284 g/mol. The Bertz CT molecular complexity index is 637. The summed E-state index contributed by atoms with van der Waals surface area (Å²) in [4.78, 5) is 4.84. The van der Waals surface area contributed by atoms with Gasteiger partial charge < -0.3 is 4.57 Å². The molecule has 0 spiro atoms. The minimum Gasteiger partial charge on any atom is -0.328 e. The molecule has 3 N–H and O–H groups in total.